The highest BCUT2D eigenvalue weighted by atomic mass is 79.9. The molecule has 0 fully saturated rings. The van der Waals surface area contributed by atoms with Gasteiger partial charge in [-0.2, -0.15) is 0 Å². The Labute approximate surface area is 265 Å². The number of aliphatic hydroxyl groups is 1. The molecule has 0 spiro atoms. The van der Waals surface area contributed by atoms with Gasteiger partial charge >= 0.3 is 0 Å². The first kappa shape index (κ1) is 31.3. The Morgan fingerprint density at radius 1 is 1.16 bits per heavy atom. The molecule has 5 rings (SSSR count). The molecule has 0 radical (unpaired) electrons. The fraction of sp³-hybridized carbons (Fsp3) is 0.258. The molecule has 6 N–H and O–H groups in total. The van der Waals surface area contributed by atoms with E-state index in [9.17, 15) is 24.3 Å². The zero-order valence-corrected chi connectivity index (χ0v) is 26.0. The van der Waals surface area contributed by atoms with Gasteiger partial charge in [0.2, 0.25) is 11.8 Å². The Morgan fingerprint density at radius 2 is 1.93 bits per heavy atom. The molecule has 1 aliphatic heterocycles. The molecule has 13 heteroatoms. The third kappa shape index (κ3) is 6.83. The number of rotatable bonds is 10. The normalized spacial score (nSPS) is 14.4. The summed E-state index contributed by atoms with van der Waals surface area (Å²) in [5.74, 6) is -1.03. The van der Waals surface area contributed by atoms with E-state index in [1.165, 1.54) is 23.9 Å². The van der Waals surface area contributed by atoms with Gasteiger partial charge < -0.3 is 26.8 Å². The molecule has 0 saturated heterocycles. The molecule has 0 aliphatic carbocycles. The lowest BCUT2D eigenvalue weighted by Gasteiger charge is -2.23. The summed E-state index contributed by atoms with van der Waals surface area (Å²) in [5, 5.41) is 19.0. The number of hydrogen-bond donors (Lipinski definition) is 5. The van der Waals surface area contributed by atoms with Crippen molar-refractivity contribution in [2.45, 2.75) is 44.6 Å². The second-order valence-corrected chi connectivity index (χ2v) is 11.8. The molecule has 3 aromatic carbocycles. The van der Waals surface area contributed by atoms with E-state index < -0.39 is 24.1 Å². The molecule has 228 valence electrons. The van der Waals surface area contributed by atoms with Gasteiger partial charge in [-0.3, -0.25) is 23.7 Å². The van der Waals surface area contributed by atoms with Crippen LogP contribution >= 0.6 is 27.5 Å². The molecule has 11 nitrogen and oxygen atoms in total. The highest BCUT2D eigenvalue weighted by Gasteiger charge is 2.24. The van der Waals surface area contributed by atoms with Crippen molar-refractivity contribution in [3.63, 3.8) is 0 Å². The number of fused-ring (bicyclic) bond motifs is 2. The van der Waals surface area contributed by atoms with Crippen LogP contribution in [0, 0.1) is 0 Å². The van der Waals surface area contributed by atoms with Gasteiger partial charge in [0.15, 0.2) is 0 Å². The number of benzene rings is 3. The average Bonchev–Trinajstić information content (AvgIpc) is 3.39. The van der Waals surface area contributed by atoms with Crippen LogP contribution in [0.4, 0.5) is 0 Å². The van der Waals surface area contributed by atoms with Gasteiger partial charge in [0.05, 0.1) is 34.4 Å². The lowest BCUT2D eigenvalue weighted by Crippen LogP contribution is -2.49. The highest BCUT2D eigenvalue weighted by molar-refractivity contribution is 9.10. The minimum atomic E-state index is -1.17. The molecular weight excluding hydrogens is 652 g/mol. The molecule has 1 aromatic heterocycles. The maximum Gasteiger partial charge on any atom is 0.261 e. The molecule has 44 heavy (non-hydrogen) atoms. The smallest absolute Gasteiger partial charge is 0.261 e. The quantitative estimate of drug-likeness (QED) is 0.172. The Kier molecular flexibility index (Phi) is 9.45. The van der Waals surface area contributed by atoms with Crippen molar-refractivity contribution in [3.8, 4) is 11.1 Å². The van der Waals surface area contributed by atoms with Crippen LogP contribution < -0.4 is 27.2 Å². The Hall–Kier alpha value is -4.10. The molecule has 0 saturated carbocycles. The summed E-state index contributed by atoms with van der Waals surface area (Å²) in [7, 11) is 0. The van der Waals surface area contributed by atoms with Crippen LogP contribution in [0.1, 0.15) is 40.9 Å². The van der Waals surface area contributed by atoms with Gasteiger partial charge in [-0.25, -0.2) is 4.98 Å². The van der Waals surface area contributed by atoms with Gasteiger partial charge in [0.25, 0.3) is 11.5 Å². The summed E-state index contributed by atoms with van der Waals surface area (Å²) in [4.78, 5) is 54.9. The average molecular weight is 682 g/mol. The third-order valence-electron chi connectivity index (χ3n) is 7.50. The maximum absolute atomic E-state index is 12.9. The van der Waals surface area contributed by atoms with Crippen molar-refractivity contribution in [3.05, 3.63) is 97.5 Å². The molecule has 1 aliphatic rings. The topological polar surface area (TPSA) is 168 Å². The Morgan fingerprint density at radius 3 is 2.70 bits per heavy atom. The number of halogens is 2. The Balaban J connectivity index is 1.31. The first-order valence-corrected chi connectivity index (χ1v) is 15.1. The van der Waals surface area contributed by atoms with E-state index in [0.717, 1.165) is 16.7 Å². The van der Waals surface area contributed by atoms with Gasteiger partial charge in [-0.05, 0) is 75.4 Å². The predicted octanol–water partition coefficient (Wildman–Crippen LogP) is 2.79. The van der Waals surface area contributed by atoms with E-state index in [1.807, 2.05) is 36.4 Å². The SMILES string of the molecule is C[C@@H](O)[C@H](N)C(=O)N[C@H](CNC(=O)CCn1cnc2cc(Br)c(Cl)cc2c1=O)c1cccc(-c2ccc3c(c2)CNC3=O)c1. The first-order chi connectivity index (χ1) is 21.0. The van der Waals surface area contributed by atoms with E-state index in [2.05, 4.69) is 36.9 Å². The van der Waals surface area contributed by atoms with Crippen molar-refractivity contribution in [1.29, 1.82) is 0 Å². The number of hydrogen-bond acceptors (Lipinski definition) is 7. The Bertz CT molecular complexity index is 1830. The largest absolute Gasteiger partial charge is 0.391 e. The van der Waals surface area contributed by atoms with Crippen molar-refractivity contribution in [2.75, 3.05) is 6.54 Å². The van der Waals surface area contributed by atoms with Gasteiger partial charge in [-0.1, -0.05) is 35.9 Å². The van der Waals surface area contributed by atoms with Crippen LogP contribution in [0.25, 0.3) is 22.0 Å². The minimum Gasteiger partial charge on any atom is -0.391 e. The number of carbonyl (C=O) groups is 3. The zero-order chi connectivity index (χ0) is 31.5. The lowest BCUT2D eigenvalue weighted by atomic mass is 9.96. The number of amides is 3. The van der Waals surface area contributed by atoms with E-state index in [0.29, 0.717) is 38.1 Å². The maximum atomic E-state index is 12.9. The third-order valence-corrected chi connectivity index (χ3v) is 8.70. The minimum absolute atomic E-state index is 0.0207. The molecular formula is C31H30BrClN6O5. The van der Waals surface area contributed by atoms with Crippen molar-refractivity contribution in [2.24, 2.45) is 5.73 Å². The lowest BCUT2D eigenvalue weighted by molar-refractivity contribution is -0.126. The number of nitrogens with zero attached hydrogens (tertiary/aromatic N) is 2. The first-order valence-electron chi connectivity index (χ1n) is 13.9. The van der Waals surface area contributed by atoms with Gasteiger partial charge in [0, 0.05) is 36.1 Å². The predicted molar refractivity (Wildman–Crippen MR) is 170 cm³/mol. The van der Waals surface area contributed by atoms with Crippen molar-refractivity contribution in [1.82, 2.24) is 25.5 Å². The monoisotopic (exact) mass is 680 g/mol. The number of aryl methyl sites for hydroxylation is 1. The number of nitrogens with one attached hydrogen (secondary N) is 3. The van der Waals surface area contributed by atoms with Crippen LogP contribution in [-0.4, -0.2) is 51.1 Å². The van der Waals surface area contributed by atoms with Crippen LogP contribution in [0.3, 0.4) is 0 Å². The van der Waals surface area contributed by atoms with E-state index >= 15 is 0 Å². The number of aromatic nitrogens is 2. The molecule has 4 aromatic rings. The number of carbonyl (C=O) groups excluding carboxylic acids is 3. The second-order valence-electron chi connectivity index (χ2n) is 10.6. The fourth-order valence-corrected chi connectivity index (χ4v) is 5.42. The molecule has 3 atom stereocenters. The van der Waals surface area contributed by atoms with Gasteiger partial charge in [-0.15, -0.1) is 0 Å². The van der Waals surface area contributed by atoms with E-state index in [1.54, 1.807) is 12.1 Å². The zero-order valence-electron chi connectivity index (χ0n) is 23.6. The summed E-state index contributed by atoms with van der Waals surface area (Å²) >= 11 is 9.47. The summed E-state index contributed by atoms with van der Waals surface area (Å²) < 4.78 is 1.97. The van der Waals surface area contributed by atoms with Crippen molar-refractivity contribution >= 4 is 56.2 Å². The summed E-state index contributed by atoms with van der Waals surface area (Å²) in [6, 6.07) is 14.4. The standard InChI is InChI=1S/C31H30BrClN6O5/c1-16(40)28(34)30(43)38-26(19-4-2-3-17(9-19)18-5-6-21-20(10-18)13-36-29(21)42)14-35-27(41)7-8-39-15-37-25-12-23(32)24(33)11-22(25)31(39)44/h2-6,9-12,15-16,26,28,40H,7-8,13-14,34H2,1H3,(H,35,41)(H,36,42)(H,38,43)/t16-,26-,28+/m1/s1. The van der Waals surface area contributed by atoms with Crippen LogP contribution in [0.2, 0.25) is 5.02 Å². The molecule has 2 heterocycles. The van der Waals surface area contributed by atoms with Crippen LogP contribution in [0.15, 0.2) is 70.2 Å². The number of aliphatic hydroxyl groups excluding tert-OH is 1. The van der Waals surface area contributed by atoms with E-state index in [-0.39, 0.29) is 36.9 Å². The number of nitrogens with two attached hydrogens (primary N) is 1. The second kappa shape index (κ2) is 13.3. The fourth-order valence-electron chi connectivity index (χ4n) is 4.93. The van der Waals surface area contributed by atoms with E-state index in [4.69, 9.17) is 17.3 Å². The van der Waals surface area contributed by atoms with Crippen molar-refractivity contribution < 1.29 is 19.5 Å². The van der Waals surface area contributed by atoms with Crippen LogP contribution in [-0.2, 0) is 22.7 Å². The molecule has 0 bridgehead atoms. The molecule has 0 unspecified atom stereocenters. The molecule has 3 amide bonds. The summed E-state index contributed by atoms with van der Waals surface area (Å²) in [6.45, 7) is 1.98. The summed E-state index contributed by atoms with van der Waals surface area (Å²) in [6.07, 6.45) is 0.284. The highest BCUT2D eigenvalue weighted by Crippen LogP contribution is 2.28. The summed E-state index contributed by atoms with van der Waals surface area (Å²) in [5.41, 5.74) is 10.0. The van der Waals surface area contributed by atoms with Crippen LogP contribution in [0.5, 0.6) is 0 Å². The van der Waals surface area contributed by atoms with Gasteiger partial charge in [0.1, 0.15) is 6.04 Å².